The monoisotopic (exact) mass is 324 g/mol. The molecule has 0 atom stereocenters. The van der Waals surface area contributed by atoms with E-state index in [1.807, 2.05) is 26.0 Å². The zero-order valence-electron chi connectivity index (χ0n) is 13.5. The summed E-state index contributed by atoms with van der Waals surface area (Å²) in [5.74, 6) is -0.574. The molecule has 7 nitrogen and oxygen atoms in total. The summed E-state index contributed by atoms with van der Waals surface area (Å²) in [6.07, 6.45) is 1.30. The van der Waals surface area contributed by atoms with Crippen LogP contribution in [0.1, 0.15) is 32.0 Å². The van der Waals surface area contributed by atoms with Crippen molar-refractivity contribution in [3.05, 3.63) is 52.8 Å². The zero-order valence-corrected chi connectivity index (χ0v) is 13.5. The second kappa shape index (κ2) is 6.11. The fraction of sp³-hybridized carbons (Fsp3) is 0.176. The maximum atomic E-state index is 12.2. The number of pyridine rings is 1. The SMILES string of the molecule is COC(=O)c1ccc(C(=O)Nc2nc3cc(C)c(C)cc3[nH]2)nc1. The summed E-state index contributed by atoms with van der Waals surface area (Å²) in [6.45, 7) is 4.02. The van der Waals surface area contributed by atoms with Crippen molar-refractivity contribution in [2.75, 3.05) is 12.4 Å². The number of imidazole rings is 1. The first-order valence-corrected chi connectivity index (χ1v) is 7.30. The highest BCUT2D eigenvalue weighted by atomic mass is 16.5. The Morgan fingerprint density at radius 2 is 1.92 bits per heavy atom. The van der Waals surface area contributed by atoms with Crippen LogP contribution < -0.4 is 5.32 Å². The number of fused-ring (bicyclic) bond motifs is 1. The molecule has 0 fully saturated rings. The molecule has 122 valence electrons. The third-order valence-corrected chi connectivity index (χ3v) is 3.75. The summed E-state index contributed by atoms with van der Waals surface area (Å²) < 4.78 is 4.59. The van der Waals surface area contributed by atoms with E-state index in [1.165, 1.54) is 25.4 Å². The van der Waals surface area contributed by atoms with Gasteiger partial charge in [0, 0.05) is 6.20 Å². The Kier molecular flexibility index (Phi) is 3.99. The van der Waals surface area contributed by atoms with Gasteiger partial charge in [-0.15, -0.1) is 0 Å². The normalized spacial score (nSPS) is 10.6. The van der Waals surface area contributed by atoms with Crippen molar-refractivity contribution in [3.8, 4) is 0 Å². The number of amides is 1. The Morgan fingerprint density at radius 3 is 2.58 bits per heavy atom. The van der Waals surface area contributed by atoms with Gasteiger partial charge < -0.3 is 9.72 Å². The Balaban J connectivity index is 1.80. The van der Waals surface area contributed by atoms with Crippen molar-refractivity contribution in [2.24, 2.45) is 0 Å². The van der Waals surface area contributed by atoms with Crippen LogP contribution >= 0.6 is 0 Å². The molecule has 0 spiro atoms. The maximum Gasteiger partial charge on any atom is 0.339 e. The van der Waals surface area contributed by atoms with Crippen LogP contribution in [0.5, 0.6) is 0 Å². The van der Waals surface area contributed by atoms with Crippen molar-refractivity contribution >= 4 is 28.9 Å². The quantitative estimate of drug-likeness (QED) is 0.722. The summed E-state index contributed by atoms with van der Waals surface area (Å²) in [5, 5.41) is 2.66. The molecule has 2 aromatic heterocycles. The van der Waals surface area contributed by atoms with Crippen LogP contribution in [0.25, 0.3) is 11.0 Å². The summed E-state index contributed by atoms with van der Waals surface area (Å²) >= 11 is 0. The molecule has 7 heteroatoms. The number of aromatic amines is 1. The zero-order chi connectivity index (χ0) is 17.3. The van der Waals surface area contributed by atoms with Gasteiger partial charge in [-0.25, -0.2) is 9.78 Å². The summed E-state index contributed by atoms with van der Waals surface area (Å²) in [6, 6.07) is 6.88. The molecule has 0 saturated heterocycles. The van der Waals surface area contributed by atoms with Crippen LogP contribution in [0.2, 0.25) is 0 Å². The van der Waals surface area contributed by atoms with Gasteiger partial charge in [0.2, 0.25) is 5.95 Å². The van der Waals surface area contributed by atoms with Gasteiger partial charge in [0.05, 0.1) is 23.7 Å². The number of hydrogen-bond donors (Lipinski definition) is 2. The highest BCUT2D eigenvalue weighted by molar-refractivity contribution is 6.03. The van der Waals surface area contributed by atoms with E-state index in [-0.39, 0.29) is 11.3 Å². The lowest BCUT2D eigenvalue weighted by molar-refractivity contribution is 0.0600. The van der Waals surface area contributed by atoms with Crippen molar-refractivity contribution in [1.29, 1.82) is 0 Å². The number of esters is 1. The number of H-pyrrole nitrogens is 1. The molecule has 2 N–H and O–H groups in total. The number of ether oxygens (including phenoxy) is 1. The second-order valence-corrected chi connectivity index (χ2v) is 5.42. The molecular formula is C17H16N4O3. The Bertz CT molecular complexity index is 890. The molecule has 2 heterocycles. The average Bonchev–Trinajstić information content (AvgIpc) is 2.95. The standard InChI is InChI=1S/C17H16N4O3/c1-9-6-13-14(7-10(9)2)20-17(19-13)21-15(22)12-5-4-11(8-18-12)16(23)24-3/h4-8H,1-3H3,(H2,19,20,21,22). The van der Waals surface area contributed by atoms with Crippen molar-refractivity contribution in [3.63, 3.8) is 0 Å². The molecule has 0 aliphatic carbocycles. The smallest absolute Gasteiger partial charge is 0.339 e. The highest BCUT2D eigenvalue weighted by Crippen LogP contribution is 2.19. The Morgan fingerprint density at radius 1 is 1.17 bits per heavy atom. The molecule has 0 bridgehead atoms. The van der Waals surface area contributed by atoms with Crippen molar-refractivity contribution in [2.45, 2.75) is 13.8 Å². The Hall–Kier alpha value is -3.22. The number of benzene rings is 1. The molecule has 1 amide bonds. The number of aryl methyl sites for hydroxylation is 2. The third-order valence-electron chi connectivity index (χ3n) is 3.75. The van der Waals surface area contributed by atoms with Crippen molar-refractivity contribution in [1.82, 2.24) is 15.0 Å². The lowest BCUT2D eigenvalue weighted by atomic mass is 10.1. The van der Waals surface area contributed by atoms with E-state index in [1.54, 1.807) is 0 Å². The van der Waals surface area contributed by atoms with Crippen molar-refractivity contribution < 1.29 is 14.3 Å². The predicted molar refractivity (Wildman–Crippen MR) is 89.1 cm³/mol. The van der Waals surface area contributed by atoms with Crippen LogP contribution in [0.3, 0.4) is 0 Å². The largest absolute Gasteiger partial charge is 0.465 e. The minimum absolute atomic E-state index is 0.176. The van der Waals surface area contributed by atoms with E-state index in [4.69, 9.17) is 0 Å². The third kappa shape index (κ3) is 2.96. The van der Waals surface area contributed by atoms with Crippen LogP contribution in [-0.4, -0.2) is 33.9 Å². The summed E-state index contributed by atoms with van der Waals surface area (Å²) in [7, 11) is 1.29. The fourth-order valence-electron chi connectivity index (χ4n) is 2.27. The first kappa shape index (κ1) is 15.7. The summed E-state index contributed by atoms with van der Waals surface area (Å²) in [5.41, 5.74) is 4.36. The molecule has 3 rings (SSSR count). The van der Waals surface area contributed by atoms with Gasteiger partial charge in [-0.3, -0.25) is 15.1 Å². The second-order valence-electron chi connectivity index (χ2n) is 5.42. The first-order valence-electron chi connectivity index (χ1n) is 7.30. The number of nitrogens with zero attached hydrogens (tertiary/aromatic N) is 2. The van der Waals surface area contributed by atoms with E-state index >= 15 is 0 Å². The van der Waals surface area contributed by atoms with Crippen LogP contribution in [0.4, 0.5) is 5.95 Å². The molecule has 3 aromatic rings. The topological polar surface area (TPSA) is 97.0 Å². The molecule has 1 aromatic carbocycles. The molecule has 24 heavy (non-hydrogen) atoms. The van der Waals surface area contributed by atoms with E-state index in [0.29, 0.717) is 5.95 Å². The molecule has 0 unspecified atom stereocenters. The van der Waals surface area contributed by atoms with Gasteiger partial charge in [0.1, 0.15) is 5.69 Å². The molecule has 0 aliphatic heterocycles. The molecule has 0 aliphatic rings. The van der Waals surface area contributed by atoms with Gasteiger partial charge in [-0.1, -0.05) is 0 Å². The molecule has 0 saturated carbocycles. The first-order chi connectivity index (χ1) is 11.5. The van der Waals surface area contributed by atoms with Crippen LogP contribution in [-0.2, 0) is 4.74 Å². The van der Waals surface area contributed by atoms with Gasteiger partial charge in [-0.2, -0.15) is 0 Å². The number of anilines is 1. The minimum atomic E-state index is -0.502. The van der Waals surface area contributed by atoms with E-state index < -0.39 is 11.9 Å². The molecule has 0 radical (unpaired) electrons. The average molecular weight is 324 g/mol. The number of methoxy groups -OCH3 is 1. The van der Waals surface area contributed by atoms with Gasteiger partial charge in [-0.05, 0) is 49.2 Å². The number of carbonyl (C=O) groups excluding carboxylic acids is 2. The number of hydrogen-bond acceptors (Lipinski definition) is 5. The number of nitrogens with one attached hydrogen (secondary N) is 2. The van der Waals surface area contributed by atoms with E-state index in [0.717, 1.165) is 22.2 Å². The Labute approximate surface area is 138 Å². The van der Waals surface area contributed by atoms with Gasteiger partial charge in [0.25, 0.3) is 5.91 Å². The van der Waals surface area contributed by atoms with E-state index in [9.17, 15) is 9.59 Å². The number of rotatable bonds is 3. The molecular weight excluding hydrogens is 308 g/mol. The van der Waals surface area contributed by atoms with Gasteiger partial charge in [0.15, 0.2) is 0 Å². The van der Waals surface area contributed by atoms with E-state index in [2.05, 4.69) is 25.0 Å². The van der Waals surface area contributed by atoms with Gasteiger partial charge >= 0.3 is 5.97 Å². The lowest BCUT2D eigenvalue weighted by Gasteiger charge is -2.02. The summed E-state index contributed by atoms with van der Waals surface area (Å²) in [4.78, 5) is 35.0. The van der Waals surface area contributed by atoms with Crippen LogP contribution in [0, 0.1) is 13.8 Å². The number of aromatic nitrogens is 3. The maximum absolute atomic E-state index is 12.2. The van der Waals surface area contributed by atoms with Crippen LogP contribution in [0.15, 0.2) is 30.5 Å². The highest BCUT2D eigenvalue weighted by Gasteiger charge is 2.13. The lowest BCUT2D eigenvalue weighted by Crippen LogP contribution is -2.15. The fourth-order valence-corrected chi connectivity index (χ4v) is 2.27. The predicted octanol–water partition coefficient (Wildman–Crippen LogP) is 2.61. The minimum Gasteiger partial charge on any atom is -0.465 e. The number of carbonyl (C=O) groups is 2.